The fourth-order valence-corrected chi connectivity index (χ4v) is 2.12. The minimum absolute atomic E-state index is 0.114. The molecule has 0 aliphatic carbocycles. The second-order valence-electron chi connectivity index (χ2n) is 3.47. The molecule has 0 atom stereocenters. The Morgan fingerprint density at radius 3 is 2.68 bits per heavy atom. The lowest BCUT2D eigenvalue weighted by Gasteiger charge is -2.08. The first kappa shape index (κ1) is 14.1. The van der Waals surface area contributed by atoms with E-state index in [0.29, 0.717) is 20.3 Å². The number of aromatic nitrogens is 1. The van der Waals surface area contributed by atoms with Gasteiger partial charge in [-0.15, -0.1) is 0 Å². The third-order valence-corrected chi connectivity index (χ3v) is 3.62. The molecule has 1 aromatic carbocycles. The van der Waals surface area contributed by atoms with Crippen LogP contribution in [0.1, 0.15) is 10.5 Å². The summed E-state index contributed by atoms with van der Waals surface area (Å²) in [6.07, 6.45) is 0. The zero-order valence-corrected chi connectivity index (χ0v) is 12.3. The van der Waals surface area contributed by atoms with Gasteiger partial charge in [-0.25, -0.2) is 9.78 Å². The molecule has 1 heterocycles. The van der Waals surface area contributed by atoms with Crippen molar-refractivity contribution in [2.45, 2.75) is 0 Å². The van der Waals surface area contributed by atoms with Crippen LogP contribution >= 0.6 is 39.1 Å². The molecule has 19 heavy (non-hydrogen) atoms. The molecule has 0 bridgehead atoms. The highest BCUT2D eigenvalue weighted by atomic mass is 79.9. The van der Waals surface area contributed by atoms with Gasteiger partial charge in [0.25, 0.3) is 0 Å². The lowest BCUT2D eigenvalue weighted by Crippen LogP contribution is -2.00. The van der Waals surface area contributed by atoms with E-state index in [4.69, 9.17) is 33.0 Å². The van der Waals surface area contributed by atoms with Gasteiger partial charge in [-0.1, -0.05) is 29.3 Å². The summed E-state index contributed by atoms with van der Waals surface area (Å²) in [5.74, 6) is -0.713. The van der Waals surface area contributed by atoms with E-state index in [1.165, 1.54) is 24.3 Å². The van der Waals surface area contributed by atoms with E-state index in [1.807, 2.05) is 0 Å². The number of carboxylic acid groups (broad SMARTS) is 1. The summed E-state index contributed by atoms with van der Waals surface area (Å²) in [5.41, 5.74) is -0.114. The molecule has 7 heteroatoms. The Morgan fingerprint density at radius 2 is 2.00 bits per heavy atom. The van der Waals surface area contributed by atoms with Gasteiger partial charge in [0, 0.05) is 16.6 Å². The van der Waals surface area contributed by atoms with Crippen molar-refractivity contribution in [1.29, 1.82) is 0 Å². The largest absolute Gasteiger partial charge is 0.477 e. The van der Waals surface area contributed by atoms with Crippen LogP contribution in [0.2, 0.25) is 10.0 Å². The lowest BCUT2D eigenvalue weighted by atomic mass is 10.3. The molecular weight excluding hydrogens is 357 g/mol. The molecule has 0 unspecified atom stereocenters. The van der Waals surface area contributed by atoms with Crippen molar-refractivity contribution in [3.8, 4) is 11.6 Å². The first-order valence-corrected chi connectivity index (χ1v) is 6.55. The van der Waals surface area contributed by atoms with Gasteiger partial charge in [0.2, 0.25) is 5.88 Å². The molecule has 2 rings (SSSR count). The average Bonchev–Trinajstić information content (AvgIpc) is 2.36. The van der Waals surface area contributed by atoms with Crippen LogP contribution in [0.15, 0.2) is 34.8 Å². The summed E-state index contributed by atoms with van der Waals surface area (Å²) < 4.78 is 6.06. The first-order chi connectivity index (χ1) is 8.97. The van der Waals surface area contributed by atoms with Gasteiger partial charge in [0.05, 0.1) is 10.0 Å². The van der Waals surface area contributed by atoms with Gasteiger partial charge in [-0.2, -0.15) is 0 Å². The number of hydrogen-bond acceptors (Lipinski definition) is 3. The SMILES string of the molecule is O=C(O)c1cccc(Oc2cc(Cl)c(Br)cc2Cl)n1. The fraction of sp³-hybridized carbons (Fsp3) is 0. The number of aromatic carboxylic acids is 1. The van der Waals surface area contributed by atoms with Crippen LogP contribution in [0.25, 0.3) is 0 Å². The van der Waals surface area contributed by atoms with Crippen LogP contribution in [0.3, 0.4) is 0 Å². The summed E-state index contributed by atoms with van der Waals surface area (Å²) in [6.45, 7) is 0. The van der Waals surface area contributed by atoms with Crippen molar-refractivity contribution in [1.82, 2.24) is 4.98 Å². The van der Waals surface area contributed by atoms with Gasteiger partial charge in [-0.05, 0) is 28.1 Å². The summed E-state index contributed by atoms with van der Waals surface area (Å²) in [5, 5.41) is 9.60. The maximum atomic E-state index is 10.8. The Bertz CT molecular complexity index is 649. The molecule has 0 radical (unpaired) electrons. The number of hydrogen-bond donors (Lipinski definition) is 1. The molecule has 4 nitrogen and oxygen atoms in total. The second kappa shape index (κ2) is 5.77. The van der Waals surface area contributed by atoms with Gasteiger partial charge < -0.3 is 9.84 Å². The number of rotatable bonds is 3. The number of ether oxygens (including phenoxy) is 1. The molecule has 0 fully saturated rings. The van der Waals surface area contributed by atoms with Gasteiger partial charge in [0.15, 0.2) is 5.69 Å². The van der Waals surface area contributed by atoms with E-state index < -0.39 is 5.97 Å². The minimum atomic E-state index is -1.13. The molecule has 1 aromatic heterocycles. The topological polar surface area (TPSA) is 59.4 Å². The molecule has 0 aliphatic heterocycles. The molecule has 98 valence electrons. The lowest BCUT2D eigenvalue weighted by molar-refractivity contribution is 0.0689. The first-order valence-electron chi connectivity index (χ1n) is 5.00. The second-order valence-corrected chi connectivity index (χ2v) is 5.13. The van der Waals surface area contributed by atoms with Crippen LogP contribution in [0.4, 0.5) is 0 Å². The molecular formula is C12H6BrCl2NO3. The maximum Gasteiger partial charge on any atom is 0.354 e. The molecule has 1 N–H and O–H groups in total. The Balaban J connectivity index is 2.33. The Morgan fingerprint density at radius 1 is 1.26 bits per heavy atom. The van der Waals surface area contributed by atoms with Crippen molar-refractivity contribution in [2.75, 3.05) is 0 Å². The average molecular weight is 363 g/mol. The highest BCUT2D eigenvalue weighted by Crippen LogP contribution is 2.36. The molecule has 0 spiro atoms. The van der Waals surface area contributed by atoms with Gasteiger partial charge >= 0.3 is 5.97 Å². The summed E-state index contributed by atoms with van der Waals surface area (Å²) in [6, 6.07) is 7.52. The third kappa shape index (κ3) is 3.37. The van der Waals surface area contributed by atoms with Gasteiger partial charge in [-0.3, -0.25) is 0 Å². The van der Waals surface area contributed by atoms with Crippen molar-refractivity contribution < 1.29 is 14.6 Å². The van der Waals surface area contributed by atoms with Crippen molar-refractivity contribution in [3.63, 3.8) is 0 Å². The Hall–Kier alpha value is -1.30. The van der Waals surface area contributed by atoms with E-state index in [-0.39, 0.29) is 11.6 Å². The van der Waals surface area contributed by atoms with Crippen molar-refractivity contribution in [2.24, 2.45) is 0 Å². The summed E-state index contributed by atoms with van der Waals surface area (Å²) >= 11 is 15.2. The van der Waals surface area contributed by atoms with Crippen LogP contribution < -0.4 is 4.74 Å². The molecule has 2 aromatic rings. The predicted octanol–water partition coefficient (Wildman–Crippen LogP) is 4.64. The molecule has 0 saturated carbocycles. The van der Waals surface area contributed by atoms with Crippen molar-refractivity contribution in [3.05, 3.63) is 50.5 Å². The van der Waals surface area contributed by atoms with E-state index >= 15 is 0 Å². The zero-order valence-electron chi connectivity index (χ0n) is 9.23. The zero-order chi connectivity index (χ0) is 14.0. The number of pyridine rings is 1. The van der Waals surface area contributed by atoms with E-state index in [9.17, 15) is 4.79 Å². The van der Waals surface area contributed by atoms with E-state index in [0.717, 1.165) is 0 Å². The van der Waals surface area contributed by atoms with Gasteiger partial charge in [0.1, 0.15) is 5.75 Å². The number of benzene rings is 1. The molecule has 0 aliphatic rings. The number of carbonyl (C=O) groups is 1. The standard InChI is InChI=1S/C12H6BrCl2NO3/c13-6-4-8(15)10(5-7(6)14)19-11-3-1-2-9(16-11)12(17)18/h1-5H,(H,17,18). The maximum absolute atomic E-state index is 10.8. The van der Waals surface area contributed by atoms with Crippen LogP contribution in [0.5, 0.6) is 11.6 Å². The molecule has 0 saturated heterocycles. The predicted molar refractivity (Wildman–Crippen MR) is 75.4 cm³/mol. The van der Waals surface area contributed by atoms with E-state index in [2.05, 4.69) is 20.9 Å². The third-order valence-electron chi connectivity index (χ3n) is 2.13. The Labute approximate surface area is 127 Å². The normalized spacial score (nSPS) is 10.3. The number of nitrogens with zero attached hydrogens (tertiary/aromatic N) is 1. The van der Waals surface area contributed by atoms with Crippen molar-refractivity contribution >= 4 is 45.1 Å². The number of carboxylic acids is 1. The monoisotopic (exact) mass is 361 g/mol. The highest BCUT2D eigenvalue weighted by molar-refractivity contribution is 9.10. The fourth-order valence-electron chi connectivity index (χ4n) is 1.29. The van der Waals surface area contributed by atoms with Crippen LogP contribution in [-0.2, 0) is 0 Å². The molecule has 0 amide bonds. The quantitative estimate of drug-likeness (QED) is 0.808. The van der Waals surface area contributed by atoms with E-state index in [1.54, 1.807) is 6.07 Å². The van der Waals surface area contributed by atoms with Crippen LogP contribution in [-0.4, -0.2) is 16.1 Å². The number of halogens is 3. The Kier molecular flexibility index (Phi) is 4.29. The van der Waals surface area contributed by atoms with Crippen LogP contribution in [0, 0.1) is 0 Å². The smallest absolute Gasteiger partial charge is 0.354 e. The summed E-state index contributed by atoms with van der Waals surface area (Å²) in [4.78, 5) is 14.6. The highest BCUT2D eigenvalue weighted by Gasteiger charge is 2.10. The summed E-state index contributed by atoms with van der Waals surface area (Å²) in [7, 11) is 0. The minimum Gasteiger partial charge on any atom is -0.477 e.